The molecule has 1 aliphatic rings. The van der Waals surface area contributed by atoms with Gasteiger partial charge in [-0.25, -0.2) is 4.39 Å². The van der Waals surface area contributed by atoms with Crippen LogP contribution in [0.5, 0.6) is 5.75 Å². The van der Waals surface area contributed by atoms with Crippen molar-refractivity contribution < 1.29 is 9.13 Å². The second kappa shape index (κ2) is 4.83. The van der Waals surface area contributed by atoms with Crippen LogP contribution in [-0.4, -0.2) is 13.7 Å². The van der Waals surface area contributed by atoms with Crippen LogP contribution in [0, 0.1) is 11.7 Å². The van der Waals surface area contributed by atoms with Crippen molar-refractivity contribution in [1.82, 2.24) is 0 Å². The molecule has 88 valence electrons. The lowest BCUT2D eigenvalue weighted by atomic mass is 9.73. The van der Waals surface area contributed by atoms with E-state index >= 15 is 0 Å². The highest BCUT2D eigenvalue weighted by molar-refractivity contribution is 5.32. The molecule has 2 nitrogen and oxygen atoms in total. The molecular formula is C13H18FNO. The van der Waals surface area contributed by atoms with Gasteiger partial charge in [0.2, 0.25) is 0 Å². The van der Waals surface area contributed by atoms with Gasteiger partial charge in [-0.2, -0.15) is 0 Å². The summed E-state index contributed by atoms with van der Waals surface area (Å²) in [5.41, 5.74) is 6.50. The van der Waals surface area contributed by atoms with Gasteiger partial charge in [0.15, 0.2) is 0 Å². The third kappa shape index (κ3) is 2.05. The van der Waals surface area contributed by atoms with Crippen molar-refractivity contribution in [2.75, 3.05) is 13.7 Å². The van der Waals surface area contributed by atoms with E-state index in [1.807, 2.05) is 6.07 Å². The molecule has 0 spiro atoms. The van der Waals surface area contributed by atoms with Crippen LogP contribution < -0.4 is 10.5 Å². The number of halogens is 1. The molecule has 2 rings (SSSR count). The van der Waals surface area contributed by atoms with Gasteiger partial charge in [0.05, 0.1) is 7.11 Å². The number of methoxy groups -OCH3 is 1. The zero-order valence-corrected chi connectivity index (χ0v) is 9.58. The Morgan fingerprint density at radius 1 is 1.50 bits per heavy atom. The second-order valence-corrected chi connectivity index (χ2v) is 4.42. The Balaban J connectivity index is 2.23. The normalized spacial score (nSPS) is 17.9. The highest BCUT2D eigenvalue weighted by Crippen LogP contribution is 2.39. The van der Waals surface area contributed by atoms with Crippen molar-refractivity contribution in [3.05, 3.63) is 29.6 Å². The maximum Gasteiger partial charge on any atom is 0.130 e. The van der Waals surface area contributed by atoms with Gasteiger partial charge in [0, 0.05) is 12.0 Å². The fourth-order valence-electron chi connectivity index (χ4n) is 2.35. The van der Waals surface area contributed by atoms with Crippen molar-refractivity contribution in [3.63, 3.8) is 0 Å². The first-order valence-electron chi connectivity index (χ1n) is 5.79. The Morgan fingerprint density at radius 2 is 2.25 bits per heavy atom. The summed E-state index contributed by atoms with van der Waals surface area (Å²) >= 11 is 0. The van der Waals surface area contributed by atoms with Gasteiger partial charge in [-0.3, -0.25) is 0 Å². The maximum atomic E-state index is 13.9. The lowest BCUT2D eigenvalue weighted by Gasteiger charge is -2.33. The molecule has 1 aromatic carbocycles. The average molecular weight is 223 g/mol. The largest absolute Gasteiger partial charge is 0.497 e. The lowest BCUT2D eigenvalue weighted by molar-refractivity contribution is 0.260. The highest BCUT2D eigenvalue weighted by Gasteiger charge is 2.29. The van der Waals surface area contributed by atoms with E-state index in [0.717, 1.165) is 5.56 Å². The summed E-state index contributed by atoms with van der Waals surface area (Å²) in [4.78, 5) is 0. The predicted molar refractivity (Wildman–Crippen MR) is 62.1 cm³/mol. The highest BCUT2D eigenvalue weighted by atomic mass is 19.1. The van der Waals surface area contributed by atoms with E-state index < -0.39 is 0 Å². The summed E-state index contributed by atoms with van der Waals surface area (Å²) in [5, 5.41) is 0. The van der Waals surface area contributed by atoms with E-state index in [2.05, 4.69) is 0 Å². The first-order valence-corrected chi connectivity index (χ1v) is 5.79. The fraction of sp³-hybridized carbons (Fsp3) is 0.538. The monoisotopic (exact) mass is 223 g/mol. The van der Waals surface area contributed by atoms with Gasteiger partial charge < -0.3 is 10.5 Å². The van der Waals surface area contributed by atoms with Crippen LogP contribution >= 0.6 is 0 Å². The molecule has 1 fully saturated rings. The first-order chi connectivity index (χ1) is 7.76. The molecule has 1 atom stereocenters. The minimum atomic E-state index is -0.193. The van der Waals surface area contributed by atoms with E-state index in [0.29, 0.717) is 18.2 Å². The van der Waals surface area contributed by atoms with Crippen LogP contribution in [0.1, 0.15) is 30.7 Å². The first kappa shape index (κ1) is 11.4. The van der Waals surface area contributed by atoms with Gasteiger partial charge in [-0.15, -0.1) is 0 Å². The van der Waals surface area contributed by atoms with Crippen LogP contribution in [0.3, 0.4) is 0 Å². The standard InChI is InChI=1S/C13H18FNO/c1-16-10-5-6-11(13(14)7-10)12(8-15)9-3-2-4-9/h5-7,9,12H,2-4,8,15H2,1H3. The summed E-state index contributed by atoms with van der Waals surface area (Å²) in [6.07, 6.45) is 3.60. The van der Waals surface area contributed by atoms with Gasteiger partial charge in [-0.05, 0) is 36.9 Å². The Kier molecular flexibility index (Phi) is 3.44. The maximum absolute atomic E-state index is 13.9. The smallest absolute Gasteiger partial charge is 0.130 e. The number of ether oxygens (including phenoxy) is 1. The summed E-state index contributed by atoms with van der Waals surface area (Å²) in [7, 11) is 1.54. The molecule has 1 saturated carbocycles. The molecule has 0 heterocycles. The van der Waals surface area contributed by atoms with Crippen LogP contribution in [0.2, 0.25) is 0 Å². The van der Waals surface area contributed by atoms with Gasteiger partial charge in [-0.1, -0.05) is 12.5 Å². The molecule has 0 saturated heterocycles. The van der Waals surface area contributed by atoms with Gasteiger partial charge in [0.25, 0.3) is 0 Å². The Hall–Kier alpha value is -1.09. The van der Waals surface area contributed by atoms with Crippen LogP contribution in [0.25, 0.3) is 0 Å². The molecule has 0 bridgehead atoms. The van der Waals surface area contributed by atoms with Gasteiger partial charge in [0.1, 0.15) is 11.6 Å². The number of hydrogen-bond acceptors (Lipinski definition) is 2. The van der Waals surface area contributed by atoms with Crippen LogP contribution in [0.15, 0.2) is 18.2 Å². The van der Waals surface area contributed by atoms with Crippen molar-refractivity contribution >= 4 is 0 Å². The van der Waals surface area contributed by atoms with Crippen LogP contribution in [0.4, 0.5) is 4.39 Å². The van der Waals surface area contributed by atoms with Crippen molar-refractivity contribution in [3.8, 4) is 5.75 Å². The Bertz CT molecular complexity index is 363. The minimum absolute atomic E-state index is 0.166. The molecule has 0 amide bonds. The molecule has 0 radical (unpaired) electrons. The molecule has 2 N–H and O–H groups in total. The SMILES string of the molecule is COc1ccc(C(CN)C2CCC2)c(F)c1. The third-order valence-corrected chi connectivity index (χ3v) is 3.58. The Morgan fingerprint density at radius 3 is 2.69 bits per heavy atom. The quantitative estimate of drug-likeness (QED) is 0.851. The minimum Gasteiger partial charge on any atom is -0.497 e. The summed E-state index contributed by atoms with van der Waals surface area (Å²) in [6.45, 7) is 0.522. The number of hydrogen-bond donors (Lipinski definition) is 1. The predicted octanol–water partition coefficient (Wildman–Crippen LogP) is 2.68. The van der Waals surface area contributed by atoms with E-state index in [1.165, 1.54) is 25.3 Å². The van der Waals surface area contributed by atoms with Gasteiger partial charge >= 0.3 is 0 Å². The molecule has 0 aromatic heterocycles. The molecule has 1 aliphatic carbocycles. The van der Waals surface area contributed by atoms with Crippen molar-refractivity contribution in [2.24, 2.45) is 11.7 Å². The number of nitrogens with two attached hydrogens (primary N) is 1. The van der Waals surface area contributed by atoms with E-state index in [1.54, 1.807) is 13.2 Å². The molecule has 16 heavy (non-hydrogen) atoms. The zero-order valence-electron chi connectivity index (χ0n) is 9.58. The number of rotatable bonds is 4. The molecule has 3 heteroatoms. The topological polar surface area (TPSA) is 35.2 Å². The van der Waals surface area contributed by atoms with Crippen molar-refractivity contribution in [1.29, 1.82) is 0 Å². The van der Waals surface area contributed by atoms with E-state index in [-0.39, 0.29) is 11.7 Å². The average Bonchev–Trinajstić information content (AvgIpc) is 2.23. The number of benzene rings is 1. The molecule has 0 aliphatic heterocycles. The Labute approximate surface area is 95.6 Å². The summed E-state index contributed by atoms with van der Waals surface area (Å²) in [6, 6.07) is 5.06. The van der Waals surface area contributed by atoms with Crippen molar-refractivity contribution in [2.45, 2.75) is 25.2 Å². The molecular weight excluding hydrogens is 205 g/mol. The second-order valence-electron chi connectivity index (χ2n) is 4.42. The molecule has 1 aromatic rings. The molecule has 1 unspecified atom stereocenters. The summed E-state index contributed by atoms with van der Waals surface area (Å²) in [5.74, 6) is 1.10. The lowest BCUT2D eigenvalue weighted by Crippen LogP contribution is -2.27. The van der Waals surface area contributed by atoms with Crippen LogP contribution in [-0.2, 0) is 0 Å². The third-order valence-electron chi connectivity index (χ3n) is 3.58. The van der Waals surface area contributed by atoms with E-state index in [9.17, 15) is 4.39 Å². The fourth-order valence-corrected chi connectivity index (χ4v) is 2.35. The van der Waals surface area contributed by atoms with E-state index in [4.69, 9.17) is 10.5 Å². The summed E-state index contributed by atoms with van der Waals surface area (Å²) < 4.78 is 18.9. The zero-order chi connectivity index (χ0) is 11.5.